The quantitative estimate of drug-likeness (QED) is 0.480. The van der Waals surface area contributed by atoms with Crippen LogP contribution in [0.4, 0.5) is 22.9 Å². The minimum atomic E-state index is -0.237. The minimum absolute atomic E-state index is 0.237. The Kier molecular flexibility index (Phi) is 5.58. The van der Waals surface area contributed by atoms with Gasteiger partial charge in [-0.25, -0.2) is 4.98 Å². The number of hydrogen-bond donors (Lipinski definition) is 2. The third-order valence-corrected chi connectivity index (χ3v) is 5.12. The Morgan fingerprint density at radius 1 is 1.03 bits per heavy atom. The molecule has 0 fully saturated rings. The number of amides is 1. The lowest BCUT2D eigenvalue weighted by Crippen LogP contribution is -2.12. The molecule has 0 saturated heterocycles. The van der Waals surface area contributed by atoms with Crippen LogP contribution in [0.25, 0.3) is 5.65 Å². The van der Waals surface area contributed by atoms with Crippen LogP contribution in [-0.2, 0) is 6.42 Å². The number of benzene rings is 2. The number of anilines is 4. The van der Waals surface area contributed by atoms with Gasteiger partial charge < -0.3 is 15.5 Å². The molecule has 0 unspecified atom stereocenters. The summed E-state index contributed by atoms with van der Waals surface area (Å²) in [5, 5.41) is 10.7. The molecule has 2 aromatic heterocycles. The van der Waals surface area contributed by atoms with Gasteiger partial charge in [0, 0.05) is 42.9 Å². The summed E-state index contributed by atoms with van der Waals surface area (Å²) in [4.78, 5) is 19.5. The molecule has 2 aromatic carbocycles. The normalized spacial score (nSPS) is 10.8. The van der Waals surface area contributed by atoms with Gasteiger partial charge in [0.15, 0.2) is 5.65 Å². The van der Waals surface area contributed by atoms with Crippen molar-refractivity contribution in [1.29, 1.82) is 0 Å². The first-order chi connectivity index (χ1) is 14.9. The van der Waals surface area contributed by atoms with E-state index >= 15 is 0 Å². The Morgan fingerprint density at radius 2 is 1.71 bits per heavy atom. The summed E-state index contributed by atoms with van der Waals surface area (Å²) in [5.41, 5.74) is 5.74. The van der Waals surface area contributed by atoms with E-state index in [4.69, 9.17) is 0 Å². The van der Waals surface area contributed by atoms with E-state index in [0.29, 0.717) is 11.2 Å². The van der Waals surface area contributed by atoms with Gasteiger partial charge in [-0.15, -0.1) is 0 Å². The first-order valence-electron chi connectivity index (χ1n) is 10.2. The zero-order valence-electron chi connectivity index (χ0n) is 18.2. The maximum absolute atomic E-state index is 12.9. The molecular formula is C24H26N6O. The summed E-state index contributed by atoms with van der Waals surface area (Å²) in [6.07, 6.45) is 2.51. The molecule has 2 heterocycles. The molecule has 1 amide bonds. The second-order valence-corrected chi connectivity index (χ2v) is 7.65. The zero-order chi connectivity index (χ0) is 22.0. The van der Waals surface area contributed by atoms with Crippen molar-refractivity contribution >= 4 is 34.4 Å². The van der Waals surface area contributed by atoms with Crippen LogP contribution >= 0.6 is 0 Å². The monoisotopic (exact) mass is 414 g/mol. The third-order valence-electron chi connectivity index (χ3n) is 5.12. The number of carbonyl (C=O) groups excluding carboxylic acids is 1. The van der Waals surface area contributed by atoms with E-state index in [1.807, 2.05) is 80.5 Å². The van der Waals surface area contributed by atoms with Crippen LogP contribution in [-0.4, -0.2) is 34.6 Å². The second-order valence-electron chi connectivity index (χ2n) is 7.65. The van der Waals surface area contributed by atoms with Gasteiger partial charge in [0.25, 0.3) is 5.91 Å². The van der Waals surface area contributed by atoms with Gasteiger partial charge in [0.05, 0.1) is 6.20 Å². The molecule has 158 valence electrons. The SMILES string of the molecule is CCc1ccc(NC(=O)c2cnn3c(Nc4ccc(N(C)C)cc4)cc(C)nc23)cc1. The molecule has 0 aliphatic carbocycles. The zero-order valence-corrected chi connectivity index (χ0v) is 18.2. The average molecular weight is 415 g/mol. The largest absolute Gasteiger partial charge is 0.378 e. The molecule has 0 aliphatic heterocycles. The molecular weight excluding hydrogens is 388 g/mol. The summed E-state index contributed by atoms with van der Waals surface area (Å²) in [6.45, 7) is 4.00. The van der Waals surface area contributed by atoms with E-state index in [9.17, 15) is 4.79 Å². The van der Waals surface area contributed by atoms with Crippen molar-refractivity contribution in [2.75, 3.05) is 29.6 Å². The first-order valence-corrected chi connectivity index (χ1v) is 10.2. The van der Waals surface area contributed by atoms with Gasteiger partial charge in [-0.05, 0) is 55.3 Å². The fraction of sp³-hybridized carbons (Fsp3) is 0.208. The summed E-state index contributed by atoms with van der Waals surface area (Å²) in [7, 11) is 4.01. The fourth-order valence-corrected chi connectivity index (χ4v) is 3.35. The van der Waals surface area contributed by atoms with E-state index < -0.39 is 0 Å². The van der Waals surface area contributed by atoms with Crippen molar-refractivity contribution in [3.63, 3.8) is 0 Å². The highest BCUT2D eigenvalue weighted by atomic mass is 16.1. The van der Waals surface area contributed by atoms with E-state index in [0.717, 1.165) is 35.0 Å². The van der Waals surface area contributed by atoms with Crippen molar-refractivity contribution in [1.82, 2.24) is 14.6 Å². The van der Waals surface area contributed by atoms with Gasteiger partial charge >= 0.3 is 0 Å². The van der Waals surface area contributed by atoms with E-state index in [1.165, 1.54) is 5.56 Å². The molecule has 0 radical (unpaired) electrons. The van der Waals surface area contributed by atoms with Crippen LogP contribution in [0.5, 0.6) is 0 Å². The first kappa shape index (κ1) is 20.4. The number of rotatable bonds is 6. The van der Waals surface area contributed by atoms with E-state index in [-0.39, 0.29) is 5.91 Å². The molecule has 0 spiro atoms. The smallest absolute Gasteiger partial charge is 0.261 e. The molecule has 4 aromatic rings. The van der Waals surface area contributed by atoms with Crippen molar-refractivity contribution in [2.45, 2.75) is 20.3 Å². The van der Waals surface area contributed by atoms with Gasteiger partial charge in [0.1, 0.15) is 11.4 Å². The molecule has 0 atom stereocenters. The number of aryl methyl sites for hydroxylation is 2. The summed E-state index contributed by atoms with van der Waals surface area (Å²) in [5.74, 6) is 0.505. The Balaban J connectivity index is 1.61. The summed E-state index contributed by atoms with van der Waals surface area (Å²) < 4.78 is 1.65. The van der Waals surface area contributed by atoms with E-state index in [1.54, 1.807) is 10.7 Å². The van der Waals surface area contributed by atoms with Crippen molar-refractivity contribution < 1.29 is 4.79 Å². The molecule has 0 aliphatic rings. The second kappa shape index (κ2) is 8.47. The number of hydrogen-bond acceptors (Lipinski definition) is 5. The molecule has 7 heteroatoms. The number of fused-ring (bicyclic) bond motifs is 1. The third kappa shape index (κ3) is 4.35. The Bertz CT molecular complexity index is 1210. The maximum atomic E-state index is 12.9. The van der Waals surface area contributed by atoms with Gasteiger partial charge in [-0.1, -0.05) is 19.1 Å². The molecule has 2 N–H and O–H groups in total. The van der Waals surface area contributed by atoms with Gasteiger partial charge in [-0.2, -0.15) is 9.61 Å². The minimum Gasteiger partial charge on any atom is -0.378 e. The number of nitrogens with one attached hydrogen (secondary N) is 2. The summed E-state index contributed by atoms with van der Waals surface area (Å²) >= 11 is 0. The highest BCUT2D eigenvalue weighted by Gasteiger charge is 2.17. The van der Waals surface area contributed by atoms with Crippen LogP contribution < -0.4 is 15.5 Å². The van der Waals surface area contributed by atoms with Crippen LogP contribution in [0.1, 0.15) is 28.5 Å². The lowest BCUT2D eigenvalue weighted by molar-refractivity contribution is 0.102. The van der Waals surface area contributed by atoms with Crippen LogP contribution in [0, 0.1) is 6.92 Å². The molecule has 31 heavy (non-hydrogen) atoms. The average Bonchev–Trinajstić information content (AvgIpc) is 3.19. The lowest BCUT2D eigenvalue weighted by Gasteiger charge is -2.14. The highest BCUT2D eigenvalue weighted by Crippen LogP contribution is 2.23. The highest BCUT2D eigenvalue weighted by molar-refractivity contribution is 6.08. The Labute approximate surface area is 181 Å². The predicted molar refractivity (Wildman–Crippen MR) is 126 cm³/mol. The van der Waals surface area contributed by atoms with Crippen LogP contribution in [0.2, 0.25) is 0 Å². The molecule has 0 saturated carbocycles. The van der Waals surface area contributed by atoms with E-state index in [2.05, 4.69) is 27.6 Å². The standard InChI is InChI=1S/C24H26N6O/c1-5-17-6-8-19(9-7-17)28-24(31)21-15-25-30-22(14-16(2)26-23(21)30)27-18-10-12-20(13-11-18)29(3)4/h6-15,27H,5H2,1-4H3,(H,28,31). The Hall–Kier alpha value is -3.87. The van der Waals surface area contributed by atoms with Gasteiger partial charge in [-0.3, -0.25) is 4.79 Å². The van der Waals surface area contributed by atoms with Crippen molar-refractivity contribution in [3.05, 3.63) is 77.6 Å². The topological polar surface area (TPSA) is 74.6 Å². The predicted octanol–water partition coefficient (Wildman–Crippen LogP) is 4.66. The molecule has 7 nitrogen and oxygen atoms in total. The van der Waals surface area contributed by atoms with Crippen molar-refractivity contribution in [2.24, 2.45) is 0 Å². The lowest BCUT2D eigenvalue weighted by atomic mass is 10.1. The molecule has 4 rings (SSSR count). The van der Waals surface area contributed by atoms with Crippen LogP contribution in [0.3, 0.4) is 0 Å². The maximum Gasteiger partial charge on any atom is 0.261 e. The van der Waals surface area contributed by atoms with Crippen molar-refractivity contribution in [3.8, 4) is 0 Å². The Morgan fingerprint density at radius 3 is 2.35 bits per heavy atom. The van der Waals surface area contributed by atoms with Crippen LogP contribution in [0.15, 0.2) is 60.8 Å². The number of nitrogens with zero attached hydrogens (tertiary/aromatic N) is 4. The molecule has 0 bridgehead atoms. The fourth-order valence-electron chi connectivity index (χ4n) is 3.35. The van der Waals surface area contributed by atoms with Gasteiger partial charge in [0.2, 0.25) is 0 Å². The summed E-state index contributed by atoms with van der Waals surface area (Å²) in [6, 6.07) is 17.8. The number of aromatic nitrogens is 3. The number of carbonyl (C=O) groups is 1.